The van der Waals surface area contributed by atoms with E-state index in [-0.39, 0.29) is 18.1 Å². The Balaban J connectivity index is 2.66. The quantitative estimate of drug-likeness (QED) is 0.618. The molecular formula is C9H17NO3. The monoisotopic (exact) mass is 187 g/mol. The van der Waals surface area contributed by atoms with Crippen LogP contribution in [0.3, 0.4) is 0 Å². The molecule has 0 aliphatic carbocycles. The lowest BCUT2D eigenvalue weighted by Crippen LogP contribution is -2.41. The fraction of sp³-hybridized carbons (Fsp3) is 0.889. The van der Waals surface area contributed by atoms with Crippen LogP contribution >= 0.6 is 0 Å². The molecule has 1 rings (SSSR count). The predicted molar refractivity (Wildman–Crippen MR) is 48.3 cm³/mol. The molecule has 1 saturated heterocycles. The van der Waals surface area contributed by atoms with Gasteiger partial charge in [0.05, 0.1) is 13.2 Å². The summed E-state index contributed by atoms with van der Waals surface area (Å²) in [6.07, 6.45) is 0.0942. The summed E-state index contributed by atoms with van der Waals surface area (Å²) in [7, 11) is 1.38. The van der Waals surface area contributed by atoms with Gasteiger partial charge in [-0.25, -0.2) is 0 Å². The number of rotatable bonds is 2. The molecule has 4 heteroatoms. The molecule has 4 nitrogen and oxygen atoms in total. The SMILES string of the molecule is COC(=O)[C@@H]1C[C@H](O)CN1C(C)C. The van der Waals surface area contributed by atoms with Crippen LogP contribution in [-0.4, -0.2) is 47.8 Å². The van der Waals surface area contributed by atoms with E-state index in [1.54, 1.807) is 0 Å². The molecule has 13 heavy (non-hydrogen) atoms. The van der Waals surface area contributed by atoms with Crippen LogP contribution in [0.1, 0.15) is 20.3 Å². The lowest BCUT2D eigenvalue weighted by Gasteiger charge is -2.25. The van der Waals surface area contributed by atoms with Gasteiger partial charge in [-0.2, -0.15) is 0 Å². The number of methoxy groups -OCH3 is 1. The molecule has 1 heterocycles. The Kier molecular flexibility index (Phi) is 3.27. The molecule has 76 valence electrons. The average molecular weight is 187 g/mol. The van der Waals surface area contributed by atoms with Crippen molar-refractivity contribution in [3.05, 3.63) is 0 Å². The van der Waals surface area contributed by atoms with Gasteiger partial charge in [0.25, 0.3) is 0 Å². The normalized spacial score (nSPS) is 29.6. The van der Waals surface area contributed by atoms with Crippen LogP contribution in [0.2, 0.25) is 0 Å². The molecule has 0 unspecified atom stereocenters. The zero-order valence-corrected chi connectivity index (χ0v) is 8.36. The summed E-state index contributed by atoms with van der Waals surface area (Å²) in [4.78, 5) is 13.3. The third-order valence-electron chi connectivity index (χ3n) is 2.45. The van der Waals surface area contributed by atoms with E-state index >= 15 is 0 Å². The van der Waals surface area contributed by atoms with E-state index in [2.05, 4.69) is 4.74 Å². The number of esters is 1. The Morgan fingerprint density at radius 3 is 2.69 bits per heavy atom. The van der Waals surface area contributed by atoms with E-state index in [0.717, 1.165) is 0 Å². The molecule has 1 aliphatic rings. The second kappa shape index (κ2) is 4.07. The van der Waals surface area contributed by atoms with Gasteiger partial charge in [-0.05, 0) is 13.8 Å². The third-order valence-corrected chi connectivity index (χ3v) is 2.45. The van der Waals surface area contributed by atoms with Crippen LogP contribution in [0.5, 0.6) is 0 Å². The van der Waals surface area contributed by atoms with E-state index < -0.39 is 6.10 Å². The third kappa shape index (κ3) is 2.19. The van der Waals surface area contributed by atoms with Crippen LogP contribution < -0.4 is 0 Å². The summed E-state index contributed by atoms with van der Waals surface area (Å²) in [6.45, 7) is 4.58. The maximum Gasteiger partial charge on any atom is 0.323 e. The average Bonchev–Trinajstić information content (AvgIpc) is 2.46. The van der Waals surface area contributed by atoms with Crippen LogP contribution in [0, 0.1) is 0 Å². The highest BCUT2D eigenvalue weighted by molar-refractivity contribution is 5.76. The molecule has 0 bridgehead atoms. The number of hydrogen-bond acceptors (Lipinski definition) is 4. The molecule has 0 spiro atoms. The van der Waals surface area contributed by atoms with Gasteiger partial charge in [-0.15, -0.1) is 0 Å². The van der Waals surface area contributed by atoms with Crippen LogP contribution in [0.4, 0.5) is 0 Å². The number of aliphatic hydroxyl groups is 1. The van der Waals surface area contributed by atoms with Crippen molar-refractivity contribution >= 4 is 5.97 Å². The van der Waals surface area contributed by atoms with Gasteiger partial charge in [0.1, 0.15) is 6.04 Å². The van der Waals surface area contributed by atoms with Crippen molar-refractivity contribution in [2.75, 3.05) is 13.7 Å². The molecule has 1 aliphatic heterocycles. The van der Waals surface area contributed by atoms with E-state index in [1.165, 1.54) is 7.11 Å². The van der Waals surface area contributed by atoms with E-state index in [4.69, 9.17) is 0 Å². The van der Waals surface area contributed by atoms with Crippen LogP contribution in [-0.2, 0) is 9.53 Å². The van der Waals surface area contributed by atoms with E-state index in [1.807, 2.05) is 18.7 Å². The van der Waals surface area contributed by atoms with Crippen LogP contribution in [0.25, 0.3) is 0 Å². The number of nitrogens with zero attached hydrogens (tertiary/aromatic N) is 1. The minimum atomic E-state index is -0.397. The number of aliphatic hydroxyl groups excluding tert-OH is 1. The first kappa shape index (κ1) is 10.5. The zero-order chi connectivity index (χ0) is 10.0. The largest absolute Gasteiger partial charge is 0.468 e. The summed E-state index contributed by atoms with van der Waals surface area (Å²) in [5.41, 5.74) is 0. The minimum Gasteiger partial charge on any atom is -0.468 e. The van der Waals surface area contributed by atoms with E-state index in [0.29, 0.717) is 13.0 Å². The first-order valence-electron chi connectivity index (χ1n) is 4.58. The number of carbonyl (C=O) groups is 1. The summed E-state index contributed by atoms with van der Waals surface area (Å²) < 4.78 is 4.67. The predicted octanol–water partition coefficient (Wildman–Crippen LogP) is 0.00300. The Bertz CT molecular complexity index is 193. The van der Waals surface area contributed by atoms with Crippen molar-refractivity contribution in [1.82, 2.24) is 4.90 Å². The molecule has 0 aromatic heterocycles. The highest BCUT2D eigenvalue weighted by atomic mass is 16.5. The van der Waals surface area contributed by atoms with Crippen molar-refractivity contribution in [3.8, 4) is 0 Å². The Morgan fingerprint density at radius 2 is 2.23 bits per heavy atom. The van der Waals surface area contributed by atoms with Crippen molar-refractivity contribution < 1.29 is 14.6 Å². The maximum absolute atomic E-state index is 11.3. The number of ether oxygens (including phenoxy) is 1. The fourth-order valence-corrected chi connectivity index (χ4v) is 1.78. The number of likely N-dealkylation sites (tertiary alicyclic amines) is 1. The van der Waals surface area contributed by atoms with Gasteiger partial charge < -0.3 is 9.84 Å². The van der Waals surface area contributed by atoms with Crippen LogP contribution in [0.15, 0.2) is 0 Å². The maximum atomic E-state index is 11.3. The molecule has 1 N–H and O–H groups in total. The van der Waals surface area contributed by atoms with E-state index in [9.17, 15) is 9.90 Å². The summed E-state index contributed by atoms with van der Waals surface area (Å²) >= 11 is 0. The molecule has 2 atom stereocenters. The minimum absolute atomic E-state index is 0.245. The van der Waals surface area contributed by atoms with Crippen molar-refractivity contribution in [2.45, 2.75) is 38.5 Å². The highest BCUT2D eigenvalue weighted by Crippen LogP contribution is 2.21. The van der Waals surface area contributed by atoms with Crippen molar-refractivity contribution in [1.29, 1.82) is 0 Å². The van der Waals surface area contributed by atoms with Gasteiger partial charge in [0, 0.05) is 19.0 Å². The second-order valence-electron chi connectivity index (χ2n) is 3.72. The highest BCUT2D eigenvalue weighted by Gasteiger charge is 2.37. The summed E-state index contributed by atoms with van der Waals surface area (Å²) in [5, 5.41) is 9.41. The lowest BCUT2D eigenvalue weighted by molar-refractivity contribution is -0.146. The summed E-state index contributed by atoms with van der Waals surface area (Å²) in [5.74, 6) is -0.245. The molecule has 1 fully saturated rings. The Labute approximate surface area is 78.5 Å². The Morgan fingerprint density at radius 1 is 1.62 bits per heavy atom. The van der Waals surface area contributed by atoms with Gasteiger partial charge >= 0.3 is 5.97 Å². The number of carbonyl (C=O) groups excluding carboxylic acids is 1. The Hall–Kier alpha value is -0.610. The lowest BCUT2D eigenvalue weighted by atomic mass is 10.2. The smallest absolute Gasteiger partial charge is 0.323 e. The summed E-state index contributed by atoms with van der Waals surface area (Å²) in [6, 6.07) is 0.00116. The molecule has 0 radical (unpaired) electrons. The topological polar surface area (TPSA) is 49.8 Å². The van der Waals surface area contributed by atoms with Crippen molar-refractivity contribution in [2.24, 2.45) is 0 Å². The van der Waals surface area contributed by atoms with Gasteiger partial charge in [-0.1, -0.05) is 0 Å². The molecule has 0 amide bonds. The number of β-amino-alcohol motifs (C(OH)–C–C–N with tert-alkyl or cyclic N) is 1. The first-order chi connectivity index (χ1) is 6.06. The number of hydrogen-bond donors (Lipinski definition) is 1. The van der Waals surface area contributed by atoms with Crippen molar-refractivity contribution in [3.63, 3.8) is 0 Å². The first-order valence-corrected chi connectivity index (χ1v) is 4.58. The molecule has 0 aromatic carbocycles. The van der Waals surface area contributed by atoms with Gasteiger partial charge in [0.15, 0.2) is 0 Å². The second-order valence-corrected chi connectivity index (χ2v) is 3.72. The molecular weight excluding hydrogens is 170 g/mol. The van der Waals surface area contributed by atoms with Gasteiger partial charge in [-0.3, -0.25) is 9.69 Å². The molecule has 0 saturated carbocycles. The zero-order valence-electron chi connectivity index (χ0n) is 8.36. The van der Waals surface area contributed by atoms with Gasteiger partial charge in [0.2, 0.25) is 0 Å². The standard InChI is InChI=1S/C9H17NO3/c1-6(2)10-5-7(11)4-8(10)9(12)13-3/h6-8,11H,4-5H2,1-3H3/t7-,8-/m0/s1. The molecule has 0 aromatic rings. The fourth-order valence-electron chi connectivity index (χ4n) is 1.78.